The molecule has 1 aliphatic rings. The second kappa shape index (κ2) is 6.76. The summed E-state index contributed by atoms with van der Waals surface area (Å²) in [6.45, 7) is 4.77. The Morgan fingerprint density at radius 3 is 2.78 bits per heavy atom. The van der Waals surface area contributed by atoms with E-state index in [0.717, 1.165) is 25.4 Å². The van der Waals surface area contributed by atoms with Crippen molar-refractivity contribution in [3.8, 4) is 5.75 Å². The fraction of sp³-hybridized carbons (Fsp3) is 0.600. The van der Waals surface area contributed by atoms with Crippen molar-refractivity contribution in [2.75, 3.05) is 19.7 Å². The molecular weight excluding hydrogens is 224 g/mol. The van der Waals surface area contributed by atoms with E-state index in [0.29, 0.717) is 12.1 Å². The fourth-order valence-electron chi connectivity index (χ4n) is 2.78. The molecule has 18 heavy (non-hydrogen) atoms. The number of piperidine rings is 1. The fourth-order valence-corrected chi connectivity index (χ4v) is 2.78. The Balaban J connectivity index is 1.81. The Morgan fingerprint density at radius 1 is 1.28 bits per heavy atom. The molecule has 3 nitrogen and oxygen atoms in total. The highest BCUT2D eigenvalue weighted by molar-refractivity contribution is 5.20. The lowest BCUT2D eigenvalue weighted by atomic mass is 9.96. The van der Waals surface area contributed by atoms with Crippen LogP contribution in [0.15, 0.2) is 30.3 Å². The number of rotatable bonds is 5. The maximum atomic E-state index is 5.86. The third-order valence-electron chi connectivity index (χ3n) is 3.83. The first-order valence-electron chi connectivity index (χ1n) is 6.95. The van der Waals surface area contributed by atoms with Gasteiger partial charge in [-0.1, -0.05) is 24.6 Å². The summed E-state index contributed by atoms with van der Waals surface area (Å²) in [6.07, 6.45) is 3.81. The molecular formula is C15H24N2O. The van der Waals surface area contributed by atoms with Crippen LogP contribution in [-0.2, 0) is 0 Å². The van der Waals surface area contributed by atoms with Gasteiger partial charge in [0.2, 0.25) is 0 Å². The normalized spacial score (nSPS) is 25.0. The molecule has 1 fully saturated rings. The van der Waals surface area contributed by atoms with E-state index in [1.165, 1.54) is 19.3 Å². The first-order valence-corrected chi connectivity index (χ1v) is 6.95. The summed E-state index contributed by atoms with van der Waals surface area (Å²) in [5, 5.41) is 0. The molecule has 2 atom stereocenters. The molecule has 1 aliphatic heterocycles. The van der Waals surface area contributed by atoms with Gasteiger partial charge in [0.1, 0.15) is 12.4 Å². The van der Waals surface area contributed by atoms with Crippen molar-refractivity contribution in [1.82, 2.24) is 4.90 Å². The predicted octanol–water partition coefficient (Wildman–Crippen LogP) is 2.27. The molecule has 0 bridgehead atoms. The van der Waals surface area contributed by atoms with E-state index in [1.807, 2.05) is 30.3 Å². The molecule has 2 rings (SSSR count). The number of benzene rings is 1. The summed E-state index contributed by atoms with van der Waals surface area (Å²) in [7, 11) is 0. The van der Waals surface area contributed by atoms with Crippen LogP contribution in [0, 0.1) is 0 Å². The van der Waals surface area contributed by atoms with E-state index in [9.17, 15) is 0 Å². The number of para-hydroxylation sites is 1. The van der Waals surface area contributed by atoms with Crippen LogP contribution >= 0.6 is 0 Å². The Bertz CT molecular complexity index is 342. The Kier molecular flexibility index (Phi) is 5.02. The molecule has 3 heteroatoms. The monoisotopic (exact) mass is 248 g/mol. The zero-order valence-corrected chi connectivity index (χ0v) is 11.2. The van der Waals surface area contributed by atoms with Crippen molar-refractivity contribution in [1.29, 1.82) is 0 Å². The molecule has 0 aliphatic carbocycles. The van der Waals surface area contributed by atoms with E-state index >= 15 is 0 Å². The van der Waals surface area contributed by atoms with Crippen molar-refractivity contribution in [2.24, 2.45) is 5.73 Å². The summed E-state index contributed by atoms with van der Waals surface area (Å²) >= 11 is 0. The van der Waals surface area contributed by atoms with Crippen molar-refractivity contribution < 1.29 is 4.74 Å². The topological polar surface area (TPSA) is 38.5 Å². The van der Waals surface area contributed by atoms with Crippen LogP contribution < -0.4 is 10.5 Å². The third kappa shape index (κ3) is 3.47. The second-order valence-corrected chi connectivity index (χ2v) is 5.07. The predicted molar refractivity (Wildman–Crippen MR) is 74.8 cm³/mol. The van der Waals surface area contributed by atoms with Gasteiger partial charge in [-0.15, -0.1) is 0 Å². The minimum atomic E-state index is 0.535. The standard InChI is InChI=1S/C15H24N2O/c1-13-6-5-7-14(12-16)17(13)10-11-18-15-8-3-2-4-9-15/h2-4,8-9,13-14H,5-7,10-12,16H2,1H3. The Morgan fingerprint density at radius 2 is 2.06 bits per heavy atom. The van der Waals surface area contributed by atoms with Gasteiger partial charge in [-0.2, -0.15) is 0 Å². The van der Waals surface area contributed by atoms with Crippen molar-refractivity contribution in [2.45, 2.75) is 38.3 Å². The quantitative estimate of drug-likeness (QED) is 0.868. The van der Waals surface area contributed by atoms with Crippen molar-refractivity contribution >= 4 is 0 Å². The summed E-state index contributed by atoms with van der Waals surface area (Å²) in [6, 6.07) is 11.2. The smallest absolute Gasteiger partial charge is 0.119 e. The first-order chi connectivity index (χ1) is 8.81. The molecule has 1 saturated heterocycles. The van der Waals surface area contributed by atoms with Gasteiger partial charge in [0.25, 0.3) is 0 Å². The van der Waals surface area contributed by atoms with Gasteiger partial charge in [0.15, 0.2) is 0 Å². The molecule has 0 aromatic heterocycles. The zero-order chi connectivity index (χ0) is 12.8. The third-order valence-corrected chi connectivity index (χ3v) is 3.83. The molecule has 1 heterocycles. The largest absolute Gasteiger partial charge is 0.492 e. The summed E-state index contributed by atoms with van der Waals surface area (Å²) in [5.74, 6) is 0.950. The summed E-state index contributed by atoms with van der Waals surface area (Å²) in [5.41, 5.74) is 5.86. The average molecular weight is 248 g/mol. The van der Waals surface area contributed by atoms with Crippen LogP contribution in [0.4, 0.5) is 0 Å². The highest BCUT2D eigenvalue weighted by atomic mass is 16.5. The van der Waals surface area contributed by atoms with E-state index < -0.39 is 0 Å². The van der Waals surface area contributed by atoms with Crippen LogP contribution in [-0.4, -0.2) is 36.7 Å². The minimum absolute atomic E-state index is 0.535. The van der Waals surface area contributed by atoms with Crippen LogP contribution in [0.2, 0.25) is 0 Å². The van der Waals surface area contributed by atoms with Crippen LogP contribution in [0.3, 0.4) is 0 Å². The maximum absolute atomic E-state index is 5.86. The van der Waals surface area contributed by atoms with Gasteiger partial charge in [-0.3, -0.25) is 4.90 Å². The Hall–Kier alpha value is -1.06. The number of nitrogens with two attached hydrogens (primary N) is 1. The molecule has 2 N–H and O–H groups in total. The number of hydrogen-bond donors (Lipinski definition) is 1. The molecule has 100 valence electrons. The second-order valence-electron chi connectivity index (χ2n) is 5.07. The molecule has 0 radical (unpaired) electrons. The molecule has 0 amide bonds. The molecule has 1 aromatic rings. The molecule has 0 saturated carbocycles. The van der Waals surface area contributed by atoms with Gasteiger partial charge in [-0.25, -0.2) is 0 Å². The van der Waals surface area contributed by atoms with E-state index in [1.54, 1.807) is 0 Å². The number of likely N-dealkylation sites (tertiary alicyclic amines) is 1. The zero-order valence-electron chi connectivity index (χ0n) is 11.2. The minimum Gasteiger partial charge on any atom is -0.492 e. The average Bonchev–Trinajstić information content (AvgIpc) is 2.41. The van der Waals surface area contributed by atoms with Crippen LogP contribution in [0.1, 0.15) is 26.2 Å². The van der Waals surface area contributed by atoms with Gasteiger partial charge in [0.05, 0.1) is 0 Å². The molecule has 1 aromatic carbocycles. The lowest BCUT2D eigenvalue weighted by molar-refractivity contribution is 0.0799. The van der Waals surface area contributed by atoms with Crippen molar-refractivity contribution in [3.63, 3.8) is 0 Å². The maximum Gasteiger partial charge on any atom is 0.119 e. The number of hydrogen-bond acceptors (Lipinski definition) is 3. The van der Waals surface area contributed by atoms with Gasteiger partial charge >= 0.3 is 0 Å². The van der Waals surface area contributed by atoms with Crippen LogP contribution in [0.5, 0.6) is 5.75 Å². The highest BCUT2D eigenvalue weighted by Crippen LogP contribution is 2.21. The Labute approximate surface area is 110 Å². The number of nitrogens with zero attached hydrogens (tertiary/aromatic N) is 1. The lowest BCUT2D eigenvalue weighted by Crippen LogP contribution is -2.50. The van der Waals surface area contributed by atoms with Crippen molar-refractivity contribution in [3.05, 3.63) is 30.3 Å². The SMILES string of the molecule is CC1CCCC(CN)N1CCOc1ccccc1. The van der Waals surface area contributed by atoms with Crippen LogP contribution in [0.25, 0.3) is 0 Å². The van der Waals surface area contributed by atoms with E-state index in [-0.39, 0.29) is 0 Å². The lowest BCUT2D eigenvalue weighted by Gasteiger charge is -2.40. The van der Waals surface area contributed by atoms with E-state index in [2.05, 4.69) is 11.8 Å². The summed E-state index contributed by atoms with van der Waals surface area (Å²) in [4.78, 5) is 2.51. The molecule has 2 unspecified atom stereocenters. The number of ether oxygens (including phenoxy) is 1. The van der Waals surface area contributed by atoms with Gasteiger partial charge < -0.3 is 10.5 Å². The van der Waals surface area contributed by atoms with Gasteiger partial charge in [0, 0.05) is 25.2 Å². The molecule has 0 spiro atoms. The van der Waals surface area contributed by atoms with Gasteiger partial charge in [-0.05, 0) is 31.9 Å². The van der Waals surface area contributed by atoms with E-state index in [4.69, 9.17) is 10.5 Å². The summed E-state index contributed by atoms with van der Waals surface area (Å²) < 4.78 is 5.77. The first kappa shape index (κ1) is 13.4. The highest BCUT2D eigenvalue weighted by Gasteiger charge is 2.26.